The van der Waals surface area contributed by atoms with E-state index in [1.807, 2.05) is 6.92 Å². The van der Waals surface area contributed by atoms with E-state index < -0.39 is 15.9 Å². The number of para-hydroxylation sites is 2. The number of methoxy groups -OCH3 is 1. The van der Waals surface area contributed by atoms with Crippen molar-refractivity contribution in [2.24, 2.45) is 0 Å². The highest BCUT2D eigenvalue weighted by Gasteiger charge is 2.18. The summed E-state index contributed by atoms with van der Waals surface area (Å²) >= 11 is 1.20. The number of thiophene rings is 1. The van der Waals surface area contributed by atoms with Gasteiger partial charge >= 0.3 is 0 Å². The topological polar surface area (TPSA) is 84.5 Å². The quantitative estimate of drug-likeness (QED) is 0.799. The predicted octanol–water partition coefficient (Wildman–Crippen LogP) is 2.24. The molecule has 23 heavy (non-hydrogen) atoms. The lowest BCUT2D eigenvalue weighted by molar-refractivity contribution is -0.115. The SMILES string of the molecule is CCc1ccc(S(=O)(=O)NCC(=O)Nc2ccccc2OC)s1. The van der Waals surface area contributed by atoms with Gasteiger partial charge in [-0.1, -0.05) is 19.1 Å². The Labute approximate surface area is 139 Å². The summed E-state index contributed by atoms with van der Waals surface area (Å²) in [5.74, 6) is 0.0416. The third-order valence-electron chi connectivity index (χ3n) is 3.05. The Kier molecular flexibility index (Phi) is 5.75. The van der Waals surface area contributed by atoms with E-state index in [1.54, 1.807) is 36.4 Å². The number of nitrogens with one attached hydrogen (secondary N) is 2. The molecule has 0 saturated carbocycles. The number of rotatable bonds is 7. The van der Waals surface area contributed by atoms with E-state index in [9.17, 15) is 13.2 Å². The molecule has 1 aromatic carbocycles. The molecule has 1 heterocycles. The lowest BCUT2D eigenvalue weighted by Gasteiger charge is -2.10. The Balaban J connectivity index is 1.98. The van der Waals surface area contributed by atoms with Crippen molar-refractivity contribution >= 4 is 33.0 Å². The Morgan fingerprint density at radius 1 is 1.22 bits per heavy atom. The normalized spacial score (nSPS) is 11.2. The molecule has 6 nitrogen and oxygen atoms in total. The maximum atomic E-state index is 12.1. The highest BCUT2D eigenvalue weighted by molar-refractivity contribution is 7.91. The molecule has 0 bridgehead atoms. The van der Waals surface area contributed by atoms with Crippen LogP contribution >= 0.6 is 11.3 Å². The zero-order chi connectivity index (χ0) is 16.9. The van der Waals surface area contributed by atoms with Crippen molar-refractivity contribution in [3.8, 4) is 5.75 Å². The molecule has 0 spiro atoms. The fourth-order valence-corrected chi connectivity index (χ4v) is 4.19. The van der Waals surface area contributed by atoms with E-state index >= 15 is 0 Å². The summed E-state index contributed by atoms with van der Waals surface area (Å²) in [5.41, 5.74) is 0.489. The summed E-state index contributed by atoms with van der Waals surface area (Å²) in [5, 5.41) is 2.61. The monoisotopic (exact) mass is 354 g/mol. The van der Waals surface area contributed by atoms with Crippen molar-refractivity contribution in [2.75, 3.05) is 19.0 Å². The van der Waals surface area contributed by atoms with Gasteiger partial charge in [0, 0.05) is 4.88 Å². The van der Waals surface area contributed by atoms with Crippen LogP contribution in [0.2, 0.25) is 0 Å². The van der Waals surface area contributed by atoms with Gasteiger partial charge < -0.3 is 10.1 Å². The number of anilines is 1. The van der Waals surface area contributed by atoms with Crippen LogP contribution in [0, 0.1) is 0 Å². The second-order valence-corrected chi connectivity index (χ2v) is 7.81. The average molecular weight is 354 g/mol. The Hall–Kier alpha value is -1.90. The molecule has 0 unspecified atom stereocenters. The number of amides is 1. The fourth-order valence-electron chi connectivity index (χ4n) is 1.87. The van der Waals surface area contributed by atoms with Crippen LogP contribution in [-0.2, 0) is 21.2 Å². The third kappa shape index (κ3) is 4.54. The molecule has 0 fully saturated rings. The lowest BCUT2D eigenvalue weighted by atomic mass is 10.3. The van der Waals surface area contributed by atoms with Crippen molar-refractivity contribution in [1.82, 2.24) is 4.72 Å². The van der Waals surface area contributed by atoms with Crippen molar-refractivity contribution in [1.29, 1.82) is 0 Å². The first-order valence-electron chi connectivity index (χ1n) is 6.97. The summed E-state index contributed by atoms with van der Waals surface area (Å²) in [4.78, 5) is 12.9. The van der Waals surface area contributed by atoms with Crippen LogP contribution in [0.25, 0.3) is 0 Å². The van der Waals surface area contributed by atoms with Crippen LogP contribution in [0.4, 0.5) is 5.69 Å². The summed E-state index contributed by atoms with van der Waals surface area (Å²) in [6.45, 7) is 1.61. The van der Waals surface area contributed by atoms with Gasteiger partial charge in [0.05, 0.1) is 19.3 Å². The molecule has 1 aromatic heterocycles. The van der Waals surface area contributed by atoms with Crippen LogP contribution < -0.4 is 14.8 Å². The number of hydrogen-bond acceptors (Lipinski definition) is 5. The molecule has 2 N–H and O–H groups in total. The van der Waals surface area contributed by atoms with Gasteiger partial charge in [-0.2, -0.15) is 0 Å². The van der Waals surface area contributed by atoms with Gasteiger partial charge in [-0.3, -0.25) is 4.79 Å². The van der Waals surface area contributed by atoms with Crippen LogP contribution in [0.5, 0.6) is 5.75 Å². The Bertz CT molecular complexity index is 784. The molecule has 2 rings (SSSR count). The fraction of sp³-hybridized carbons (Fsp3) is 0.267. The Morgan fingerprint density at radius 2 is 1.96 bits per heavy atom. The van der Waals surface area contributed by atoms with Gasteiger partial charge in [-0.25, -0.2) is 13.1 Å². The van der Waals surface area contributed by atoms with Gasteiger partial charge in [0.1, 0.15) is 9.96 Å². The molecule has 2 aromatic rings. The lowest BCUT2D eigenvalue weighted by Crippen LogP contribution is -2.32. The molecular weight excluding hydrogens is 336 g/mol. The minimum Gasteiger partial charge on any atom is -0.495 e. The molecule has 8 heteroatoms. The van der Waals surface area contributed by atoms with E-state index in [0.717, 1.165) is 11.3 Å². The van der Waals surface area contributed by atoms with E-state index in [-0.39, 0.29) is 10.8 Å². The second kappa shape index (κ2) is 7.58. The summed E-state index contributed by atoms with van der Waals surface area (Å²) in [6.07, 6.45) is 0.772. The number of carbonyl (C=O) groups excluding carboxylic acids is 1. The van der Waals surface area contributed by atoms with E-state index in [1.165, 1.54) is 18.4 Å². The van der Waals surface area contributed by atoms with E-state index in [2.05, 4.69) is 10.0 Å². The first-order chi connectivity index (χ1) is 11.0. The van der Waals surface area contributed by atoms with E-state index in [4.69, 9.17) is 4.74 Å². The second-order valence-electron chi connectivity index (χ2n) is 4.65. The average Bonchev–Trinajstić information content (AvgIpc) is 3.03. The van der Waals surface area contributed by atoms with Crippen LogP contribution in [0.15, 0.2) is 40.6 Å². The van der Waals surface area contributed by atoms with Gasteiger partial charge in [-0.05, 0) is 30.7 Å². The smallest absolute Gasteiger partial charge is 0.250 e. The van der Waals surface area contributed by atoms with Crippen molar-refractivity contribution in [3.05, 3.63) is 41.3 Å². The first-order valence-corrected chi connectivity index (χ1v) is 9.27. The number of carbonyl (C=O) groups is 1. The minimum absolute atomic E-state index is 0.208. The Morgan fingerprint density at radius 3 is 2.61 bits per heavy atom. The molecule has 0 aliphatic rings. The summed E-state index contributed by atoms with van der Waals surface area (Å²) in [6, 6.07) is 10.2. The van der Waals surface area contributed by atoms with Gasteiger partial charge in [0.25, 0.3) is 10.0 Å². The summed E-state index contributed by atoms with van der Waals surface area (Å²) in [7, 11) is -2.18. The number of aryl methyl sites for hydroxylation is 1. The first kappa shape index (κ1) is 17.5. The maximum Gasteiger partial charge on any atom is 0.250 e. The standard InChI is InChI=1S/C15H18N2O4S2/c1-3-11-8-9-15(22-11)23(19,20)16-10-14(18)17-12-6-4-5-7-13(12)21-2/h4-9,16H,3,10H2,1-2H3,(H,17,18). The number of hydrogen-bond donors (Lipinski definition) is 2. The molecule has 124 valence electrons. The van der Waals surface area contributed by atoms with Crippen LogP contribution in [0.3, 0.4) is 0 Å². The van der Waals surface area contributed by atoms with Gasteiger partial charge in [-0.15, -0.1) is 11.3 Å². The molecule has 0 aliphatic heterocycles. The molecule has 0 atom stereocenters. The van der Waals surface area contributed by atoms with Crippen LogP contribution in [-0.4, -0.2) is 28.0 Å². The van der Waals surface area contributed by atoms with Crippen LogP contribution in [0.1, 0.15) is 11.8 Å². The van der Waals surface area contributed by atoms with Crippen molar-refractivity contribution in [2.45, 2.75) is 17.6 Å². The minimum atomic E-state index is -3.68. The van der Waals surface area contributed by atoms with Crippen molar-refractivity contribution in [3.63, 3.8) is 0 Å². The third-order valence-corrected chi connectivity index (χ3v) is 6.18. The van der Waals surface area contributed by atoms with E-state index in [0.29, 0.717) is 11.4 Å². The maximum absolute atomic E-state index is 12.1. The number of benzene rings is 1. The zero-order valence-electron chi connectivity index (χ0n) is 12.8. The van der Waals surface area contributed by atoms with Crippen molar-refractivity contribution < 1.29 is 17.9 Å². The van der Waals surface area contributed by atoms with Gasteiger partial charge in [0.2, 0.25) is 5.91 Å². The largest absolute Gasteiger partial charge is 0.495 e. The predicted molar refractivity (Wildman–Crippen MR) is 90.5 cm³/mol. The highest BCUT2D eigenvalue weighted by atomic mass is 32.2. The highest BCUT2D eigenvalue weighted by Crippen LogP contribution is 2.23. The molecule has 0 saturated heterocycles. The number of sulfonamides is 1. The zero-order valence-corrected chi connectivity index (χ0v) is 14.5. The van der Waals surface area contributed by atoms with Gasteiger partial charge in [0.15, 0.2) is 0 Å². The molecule has 0 radical (unpaired) electrons. The molecule has 0 aliphatic carbocycles. The molecular formula is C15H18N2O4S2. The molecule has 1 amide bonds. The summed E-state index contributed by atoms with van der Waals surface area (Å²) < 4.78 is 31.9. The number of ether oxygens (including phenoxy) is 1.